The summed E-state index contributed by atoms with van der Waals surface area (Å²) in [5, 5.41) is 0. The molecule has 0 aliphatic carbocycles. The van der Waals surface area contributed by atoms with E-state index < -0.39 is 5.97 Å². The van der Waals surface area contributed by atoms with Gasteiger partial charge in [-0.1, -0.05) is 0 Å². The van der Waals surface area contributed by atoms with Crippen molar-refractivity contribution >= 4 is 11.8 Å². The minimum Gasteiger partial charge on any atom is -0.461 e. The van der Waals surface area contributed by atoms with Gasteiger partial charge in [0.1, 0.15) is 12.3 Å². The summed E-state index contributed by atoms with van der Waals surface area (Å²) < 4.78 is 11.9. The van der Waals surface area contributed by atoms with Crippen molar-refractivity contribution in [2.75, 3.05) is 19.8 Å². The lowest BCUT2D eigenvalue weighted by atomic mass is 10.1. The highest BCUT2D eigenvalue weighted by atomic mass is 16.5. The molecule has 0 aromatic carbocycles. The van der Waals surface area contributed by atoms with Gasteiger partial charge in [-0.05, 0) is 33.3 Å². The predicted molar refractivity (Wildman–Crippen MR) is 71.7 cm³/mol. The van der Waals surface area contributed by atoms with E-state index in [4.69, 9.17) is 9.47 Å². The van der Waals surface area contributed by atoms with Crippen LogP contribution in [0.3, 0.4) is 0 Å². The Morgan fingerprint density at radius 2 is 1.79 bits per heavy atom. The van der Waals surface area contributed by atoms with E-state index in [1.807, 2.05) is 13.8 Å². The molecule has 106 valence electrons. The molecule has 0 aliphatic heterocycles. The van der Waals surface area contributed by atoms with Crippen LogP contribution in [0.15, 0.2) is 0 Å². The van der Waals surface area contributed by atoms with Crippen LogP contribution < -0.4 is 0 Å². The van der Waals surface area contributed by atoms with Crippen molar-refractivity contribution in [1.82, 2.24) is 4.57 Å². The lowest BCUT2D eigenvalue weighted by Gasteiger charge is -2.05. The Morgan fingerprint density at radius 3 is 2.32 bits per heavy atom. The van der Waals surface area contributed by atoms with Gasteiger partial charge in [0.05, 0.1) is 6.61 Å². The third-order valence-corrected chi connectivity index (χ3v) is 3.12. The first-order chi connectivity index (χ1) is 8.95. The van der Waals surface area contributed by atoms with Crippen LogP contribution in [-0.2, 0) is 16.5 Å². The van der Waals surface area contributed by atoms with Crippen LogP contribution >= 0.6 is 0 Å². The third-order valence-electron chi connectivity index (χ3n) is 3.12. The van der Waals surface area contributed by atoms with Crippen LogP contribution in [-0.4, -0.2) is 36.1 Å². The zero-order valence-corrected chi connectivity index (χ0v) is 12.2. The Hall–Kier alpha value is -1.62. The summed E-state index contributed by atoms with van der Waals surface area (Å²) in [7, 11) is 1.76. The maximum absolute atomic E-state index is 12.1. The number of ether oxygens (including phenoxy) is 2. The first-order valence-corrected chi connectivity index (χ1v) is 6.39. The van der Waals surface area contributed by atoms with Gasteiger partial charge in [-0.15, -0.1) is 0 Å². The summed E-state index contributed by atoms with van der Waals surface area (Å²) >= 11 is 0. The molecule has 19 heavy (non-hydrogen) atoms. The number of carbonyl (C=O) groups excluding carboxylic acids is 2. The fraction of sp³-hybridized carbons (Fsp3) is 0.571. The van der Waals surface area contributed by atoms with Crippen molar-refractivity contribution in [3.8, 4) is 0 Å². The maximum atomic E-state index is 12.1. The number of Topliss-reactive ketones (excluding diaryl/α,β-unsaturated/α-hetero) is 1. The summed E-state index contributed by atoms with van der Waals surface area (Å²) in [6.45, 7) is 8.00. The average Bonchev–Trinajstić information content (AvgIpc) is 2.58. The lowest BCUT2D eigenvalue weighted by molar-refractivity contribution is 0.0514. The second-order valence-electron chi connectivity index (χ2n) is 4.27. The Bertz CT molecular complexity index is 488. The van der Waals surface area contributed by atoms with Crippen LogP contribution in [0, 0.1) is 13.8 Å². The highest BCUT2D eigenvalue weighted by Crippen LogP contribution is 2.22. The molecule has 1 aromatic heterocycles. The number of nitrogens with zero attached hydrogens (tertiary/aromatic N) is 1. The molecule has 0 saturated heterocycles. The molecule has 0 bridgehead atoms. The first kappa shape index (κ1) is 15.4. The number of carbonyl (C=O) groups is 2. The zero-order chi connectivity index (χ0) is 14.6. The molecular weight excluding hydrogens is 246 g/mol. The summed E-state index contributed by atoms with van der Waals surface area (Å²) in [5.74, 6) is -0.510. The van der Waals surface area contributed by atoms with Gasteiger partial charge < -0.3 is 14.0 Å². The predicted octanol–water partition coefficient (Wildman–Crippen LogP) is 2.04. The fourth-order valence-electron chi connectivity index (χ4n) is 2.14. The number of rotatable bonds is 6. The van der Waals surface area contributed by atoms with E-state index in [-0.39, 0.29) is 12.4 Å². The third kappa shape index (κ3) is 3.04. The van der Waals surface area contributed by atoms with E-state index in [9.17, 15) is 9.59 Å². The van der Waals surface area contributed by atoms with Crippen LogP contribution in [0.4, 0.5) is 0 Å². The number of esters is 1. The Balaban J connectivity index is 3.18. The van der Waals surface area contributed by atoms with Gasteiger partial charge in [0, 0.05) is 24.9 Å². The topological polar surface area (TPSA) is 57.5 Å². The lowest BCUT2D eigenvalue weighted by Crippen LogP contribution is -2.12. The van der Waals surface area contributed by atoms with E-state index in [1.54, 1.807) is 25.5 Å². The number of ketones is 1. The van der Waals surface area contributed by atoms with Crippen molar-refractivity contribution in [2.24, 2.45) is 7.05 Å². The molecular formula is C14H21NO4. The SMILES string of the molecule is CCOCC(=O)c1c(C)c(C(=O)OCC)n(C)c1C. The molecule has 0 spiro atoms. The molecule has 5 heteroatoms. The van der Waals surface area contributed by atoms with E-state index in [2.05, 4.69) is 0 Å². The van der Waals surface area contributed by atoms with Crippen LogP contribution in [0.1, 0.15) is 46.0 Å². The molecule has 0 amide bonds. The molecule has 1 rings (SSSR count). The largest absolute Gasteiger partial charge is 0.461 e. The molecule has 5 nitrogen and oxygen atoms in total. The van der Waals surface area contributed by atoms with E-state index in [1.165, 1.54) is 0 Å². The summed E-state index contributed by atoms with van der Waals surface area (Å²) in [4.78, 5) is 24.0. The van der Waals surface area contributed by atoms with Crippen LogP contribution in [0.5, 0.6) is 0 Å². The molecule has 0 N–H and O–H groups in total. The molecule has 1 heterocycles. The number of hydrogen-bond acceptors (Lipinski definition) is 4. The van der Waals surface area contributed by atoms with Crippen molar-refractivity contribution in [2.45, 2.75) is 27.7 Å². The van der Waals surface area contributed by atoms with E-state index in [0.29, 0.717) is 30.0 Å². The van der Waals surface area contributed by atoms with Gasteiger partial charge in [0.15, 0.2) is 5.78 Å². The molecule has 0 atom stereocenters. The molecule has 1 aromatic rings. The molecule has 0 saturated carbocycles. The summed E-state index contributed by atoms with van der Waals surface area (Å²) in [5.41, 5.74) is 2.40. The van der Waals surface area contributed by atoms with E-state index in [0.717, 1.165) is 5.69 Å². The minimum absolute atomic E-state index is 0.0322. The monoisotopic (exact) mass is 267 g/mol. The Morgan fingerprint density at radius 1 is 1.16 bits per heavy atom. The van der Waals surface area contributed by atoms with Gasteiger partial charge in [0.25, 0.3) is 0 Å². The normalized spacial score (nSPS) is 10.6. The van der Waals surface area contributed by atoms with Crippen molar-refractivity contribution in [3.63, 3.8) is 0 Å². The average molecular weight is 267 g/mol. The van der Waals surface area contributed by atoms with Gasteiger partial charge in [0.2, 0.25) is 0 Å². The van der Waals surface area contributed by atoms with Gasteiger partial charge in [-0.25, -0.2) is 4.79 Å². The second kappa shape index (κ2) is 6.52. The standard InChI is InChI=1S/C14H21NO4/c1-6-18-8-11(16)12-9(3)13(14(17)19-7-2)15(5)10(12)4/h6-8H2,1-5H3. The first-order valence-electron chi connectivity index (χ1n) is 6.39. The Kier molecular flexibility index (Phi) is 5.30. The van der Waals surface area contributed by atoms with Crippen LogP contribution in [0.2, 0.25) is 0 Å². The molecule has 0 radical (unpaired) electrons. The molecule has 0 aliphatic rings. The van der Waals surface area contributed by atoms with Crippen LogP contribution in [0.25, 0.3) is 0 Å². The van der Waals surface area contributed by atoms with Gasteiger partial charge >= 0.3 is 5.97 Å². The fourth-order valence-corrected chi connectivity index (χ4v) is 2.14. The molecule has 0 fully saturated rings. The van der Waals surface area contributed by atoms with E-state index >= 15 is 0 Å². The van der Waals surface area contributed by atoms with Crippen molar-refractivity contribution < 1.29 is 19.1 Å². The highest BCUT2D eigenvalue weighted by molar-refractivity contribution is 6.03. The van der Waals surface area contributed by atoms with Crippen molar-refractivity contribution in [1.29, 1.82) is 0 Å². The molecule has 0 unspecified atom stereocenters. The van der Waals surface area contributed by atoms with Gasteiger partial charge in [-0.3, -0.25) is 4.79 Å². The van der Waals surface area contributed by atoms with Crippen molar-refractivity contribution in [3.05, 3.63) is 22.5 Å². The number of hydrogen-bond donors (Lipinski definition) is 0. The quantitative estimate of drug-likeness (QED) is 0.584. The minimum atomic E-state index is -0.402. The van der Waals surface area contributed by atoms with Gasteiger partial charge in [-0.2, -0.15) is 0 Å². The summed E-state index contributed by atoms with van der Waals surface area (Å²) in [6.07, 6.45) is 0. The number of aromatic nitrogens is 1. The maximum Gasteiger partial charge on any atom is 0.355 e. The summed E-state index contributed by atoms with van der Waals surface area (Å²) in [6, 6.07) is 0. The highest BCUT2D eigenvalue weighted by Gasteiger charge is 2.25. The Labute approximate surface area is 113 Å². The smallest absolute Gasteiger partial charge is 0.355 e. The second-order valence-corrected chi connectivity index (χ2v) is 4.27. The zero-order valence-electron chi connectivity index (χ0n) is 12.2.